The molecule has 4 heteroatoms. The average molecular weight is 408 g/mol. The van der Waals surface area contributed by atoms with Crippen LogP contribution in [0.5, 0.6) is 0 Å². The van der Waals surface area contributed by atoms with Crippen LogP contribution in [0.3, 0.4) is 0 Å². The topological polar surface area (TPSA) is 29.5 Å². The molecule has 0 spiro atoms. The molecule has 0 heterocycles. The third-order valence-corrected chi connectivity index (χ3v) is 5.39. The number of hydrogen-bond acceptors (Lipinski definition) is 3. The van der Waals surface area contributed by atoms with Crippen LogP contribution in [0.25, 0.3) is 0 Å². The molecule has 0 N–H and O–H groups in total. The number of halogens is 1. The molecule has 29 heavy (non-hydrogen) atoms. The highest BCUT2D eigenvalue weighted by Gasteiger charge is 2.21. The number of carbonyl (C=O) groups is 1. The number of aryl methyl sites for hydroxylation is 2. The van der Waals surface area contributed by atoms with Gasteiger partial charge in [0.1, 0.15) is 0 Å². The number of hydrogen-bond donors (Lipinski definition) is 0. The summed E-state index contributed by atoms with van der Waals surface area (Å²) in [5.41, 5.74) is 5.37. The minimum absolute atomic E-state index is 0.353. The summed E-state index contributed by atoms with van der Waals surface area (Å²) in [4.78, 5) is 14.8. The molecule has 3 aromatic carbocycles. The largest absolute Gasteiger partial charge is 0.443 e. The minimum Gasteiger partial charge on any atom is -0.443 e. The van der Waals surface area contributed by atoms with Gasteiger partial charge in [0, 0.05) is 18.1 Å². The number of carbonyl (C=O) groups excluding carboxylic acids is 1. The first kappa shape index (κ1) is 21.1. The van der Waals surface area contributed by atoms with Gasteiger partial charge in [0.15, 0.2) is 6.23 Å². The van der Waals surface area contributed by atoms with Gasteiger partial charge < -0.3 is 4.74 Å². The summed E-state index contributed by atoms with van der Waals surface area (Å²) in [6, 6.07) is 23.4. The van der Waals surface area contributed by atoms with Gasteiger partial charge in [-0.1, -0.05) is 60.1 Å². The van der Waals surface area contributed by atoms with Crippen molar-refractivity contribution in [3.63, 3.8) is 0 Å². The van der Waals surface area contributed by atoms with Crippen molar-refractivity contribution in [2.75, 3.05) is 0 Å². The Labute approximate surface area is 177 Å². The second kappa shape index (κ2) is 9.73. The van der Waals surface area contributed by atoms with Gasteiger partial charge in [-0.05, 0) is 67.3 Å². The quantitative estimate of drug-likeness (QED) is 0.347. The van der Waals surface area contributed by atoms with E-state index in [0.717, 1.165) is 0 Å². The number of esters is 1. The fourth-order valence-electron chi connectivity index (χ4n) is 3.21. The SMILES string of the molecule is Cc1ccccc1CN(Cc1ccccc1C)C(C)OC(=O)c1ccc(Cl)cc1. The molecule has 0 fully saturated rings. The molecule has 3 nitrogen and oxygen atoms in total. The van der Waals surface area contributed by atoms with Gasteiger partial charge in [-0.25, -0.2) is 4.79 Å². The van der Waals surface area contributed by atoms with Crippen LogP contribution in [0.2, 0.25) is 5.02 Å². The molecule has 0 bridgehead atoms. The maximum absolute atomic E-state index is 12.6. The van der Waals surface area contributed by atoms with Crippen molar-refractivity contribution < 1.29 is 9.53 Å². The van der Waals surface area contributed by atoms with Crippen molar-refractivity contribution in [1.82, 2.24) is 4.90 Å². The Kier molecular flexibility index (Phi) is 7.08. The Morgan fingerprint density at radius 3 is 1.83 bits per heavy atom. The lowest BCUT2D eigenvalue weighted by molar-refractivity contribution is -0.0309. The molecule has 0 amide bonds. The molecule has 0 aliphatic heterocycles. The Balaban J connectivity index is 1.81. The van der Waals surface area contributed by atoms with E-state index in [0.29, 0.717) is 23.7 Å². The molecule has 3 rings (SSSR count). The highest BCUT2D eigenvalue weighted by atomic mass is 35.5. The van der Waals surface area contributed by atoms with Crippen LogP contribution in [0.15, 0.2) is 72.8 Å². The molecule has 0 aliphatic rings. The fourth-order valence-corrected chi connectivity index (χ4v) is 3.34. The number of benzene rings is 3. The van der Waals surface area contributed by atoms with Crippen molar-refractivity contribution in [3.05, 3.63) is 106 Å². The van der Waals surface area contributed by atoms with Crippen molar-refractivity contribution >= 4 is 17.6 Å². The Hall–Kier alpha value is -2.62. The average Bonchev–Trinajstić information content (AvgIpc) is 2.71. The molecule has 1 unspecified atom stereocenters. The van der Waals surface area contributed by atoms with Crippen LogP contribution in [0, 0.1) is 13.8 Å². The smallest absolute Gasteiger partial charge is 0.339 e. The lowest BCUT2D eigenvalue weighted by Gasteiger charge is -2.30. The van der Waals surface area contributed by atoms with E-state index in [2.05, 4.69) is 43.0 Å². The predicted octanol–water partition coefficient (Wildman–Crippen LogP) is 6.16. The minimum atomic E-state index is -0.391. The van der Waals surface area contributed by atoms with E-state index in [1.165, 1.54) is 22.3 Å². The first-order valence-electron chi connectivity index (χ1n) is 9.73. The van der Waals surface area contributed by atoms with Gasteiger partial charge in [0.05, 0.1) is 5.56 Å². The van der Waals surface area contributed by atoms with Crippen molar-refractivity contribution in [2.45, 2.75) is 40.1 Å². The van der Waals surface area contributed by atoms with Crippen LogP contribution < -0.4 is 0 Å². The third kappa shape index (κ3) is 5.69. The Morgan fingerprint density at radius 1 is 0.862 bits per heavy atom. The van der Waals surface area contributed by atoms with Gasteiger partial charge >= 0.3 is 5.97 Å². The molecule has 3 aromatic rings. The van der Waals surface area contributed by atoms with Crippen LogP contribution in [-0.2, 0) is 17.8 Å². The molecular formula is C25H26ClNO2. The molecule has 0 aromatic heterocycles. The Morgan fingerprint density at radius 2 is 1.34 bits per heavy atom. The normalized spacial score (nSPS) is 12.0. The summed E-state index contributed by atoms with van der Waals surface area (Å²) in [6.45, 7) is 7.51. The highest BCUT2D eigenvalue weighted by Crippen LogP contribution is 2.20. The number of ether oxygens (including phenoxy) is 1. The fraction of sp³-hybridized carbons (Fsp3) is 0.240. The molecule has 0 radical (unpaired) electrons. The van der Waals surface area contributed by atoms with E-state index in [4.69, 9.17) is 16.3 Å². The first-order chi connectivity index (χ1) is 13.9. The summed E-state index contributed by atoms with van der Waals surface area (Å²) in [6.07, 6.45) is -0.391. The van der Waals surface area contributed by atoms with Gasteiger partial charge in [-0.15, -0.1) is 0 Å². The van der Waals surface area contributed by atoms with Crippen LogP contribution >= 0.6 is 11.6 Å². The molecule has 0 aliphatic carbocycles. The zero-order valence-corrected chi connectivity index (χ0v) is 17.8. The lowest BCUT2D eigenvalue weighted by atomic mass is 10.1. The summed E-state index contributed by atoms with van der Waals surface area (Å²) in [5, 5.41) is 0.593. The Bertz CT molecular complexity index is 921. The molecule has 0 saturated heterocycles. The van der Waals surface area contributed by atoms with E-state index >= 15 is 0 Å². The van der Waals surface area contributed by atoms with E-state index in [9.17, 15) is 4.79 Å². The van der Waals surface area contributed by atoms with E-state index < -0.39 is 6.23 Å². The van der Waals surface area contributed by atoms with Gasteiger partial charge in [-0.2, -0.15) is 0 Å². The van der Waals surface area contributed by atoms with Crippen molar-refractivity contribution in [2.24, 2.45) is 0 Å². The lowest BCUT2D eigenvalue weighted by Crippen LogP contribution is -2.36. The maximum Gasteiger partial charge on any atom is 0.339 e. The monoisotopic (exact) mass is 407 g/mol. The summed E-state index contributed by atoms with van der Waals surface area (Å²) in [7, 11) is 0. The molecular weight excluding hydrogens is 382 g/mol. The zero-order valence-electron chi connectivity index (χ0n) is 17.1. The highest BCUT2D eigenvalue weighted by molar-refractivity contribution is 6.30. The summed E-state index contributed by atoms with van der Waals surface area (Å²) >= 11 is 5.92. The van der Waals surface area contributed by atoms with E-state index in [-0.39, 0.29) is 5.97 Å². The summed E-state index contributed by atoms with van der Waals surface area (Å²) < 4.78 is 5.81. The number of nitrogens with zero attached hydrogens (tertiary/aromatic N) is 1. The molecule has 150 valence electrons. The van der Waals surface area contributed by atoms with Gasteiger partial charge in [0.25, 0.3) is 0 Å². The first-order valence-corrected chi connectivity index (χ1v) is 10.1. The standard InChI is InChI=1S/C25H26ClNO2/c1-18-8-4-6-10-22(18)16-27(17-23-11-7-5-9-19(23)2)20(3)29-25(28)21-12-14-24(26)15-13-21/h4-15,20H,16-17H2,1-3H3. The second-order valence-electron chi connectivity index (χ2n) is 7.27. The van der Waals surface area contributed by atoms with Crippen molar-refractivity contribution in [1.29, 1.82) is 0 Å². The van der Waals surface area contributed by atoms with Gasteiger partial charge in [-0.3, -0.25) is 4.90 Å². The van der Waals surface area contributed by atoms with E-state index in [1.54, 1.807) is 24.3 Å². The van der Waals surface area contributed by atoms with Crippen LogP contribution in [-0.4, -0.2) is 17.1 Å². The predicted molar refractivity (Wildman–Crippen MR) is 118 cm³/mol. The maximum atomic E-state index is 12.6. The van der Waals surface area contributed by atoms with E-state index in [1.807, 2.05) is 31.2 Å². The van der Waals surface area contributed by atoms with Crippen LogP contribution in [0.1, 0.15) is 39.5 Å². The number of rotatable bonds is 7. The summed E-state index contributed by atoms with van der Waals surface area (Å²) in [5.74, 6) is -0.353. The van der Waals surface area contributed by atoms with Crippen molar-refractivity contribution in [3.8, 4) is 0 Å². The molecule has 1 atom stereocenters. The third-order valence-electron chi connectivity index (χ3n) is 5.14. The second-order valence-corrected chi connectivity index (χ2v) is 7.71. The zero-order chi connectivity index (χ0) is 20.8. The molecule has 0 saturated carbocycles. The van der Waals surface area contributed by atoms with Crippen LogP contribution in [0.4, 0.5) is 0 Å². The van der Waals surface area contributed by atoms with Gasteiger partial charge in [0.2, 0.25) is 0 Å².